The number of piperidine rings is 1. The van der Waals surface area contributed by atoms with Crippen LogP contribution in [0.4, 0.5) is 17.1 Å². The molecule has 0 bridgehead atoms. The minimum atomic E-state index is -0.536. The molecule has 1 aliphatic heterocycles. The average Bonchev–Trinajstić information content (AvgIpc) is 3.58. The van der Waals surface area contributed by atoms with Crippen molar-refractivity contribution in [3.8, 4) is 0 Å². The monoisotopic (exact) mass is 422 g/mol. The van der Waals surface area contributed by atoms with E-state index < -0.39 is 10.8 Å². The molecule has 2 fully saturated rings. The van der Waals surface area contributed by atoms with Gasteiger partial charge in [0.25, 0.3) is 17.5 Å². The molecule has 1 saturated carbocycles. The first-order chi connectivity index (χ1) is 14.9. The van der Waals surface area contributed by atoms with Crippen molar-refractivity contribution in [1.29, 1.82) is 0 Å². The molecule has 8 nitrogen and oxygen atoms in total. The molecular formula is C23H26N4O4. The molecular weight excluding hydrogens is 396 g/mol. The van der Waals surface area contributed by atoms with Crippen LogP contribution in [0.2, 0.25) is 0 Å². The van der Waals surface area contributed by atoms with E-state index in [4.69, 9.17) is 0 Å². The van der Waals surface area contributed by atoms with Crippen molar-refractivity contribution in [2.45, 2.75) is 38.6 Å². The minimum Gasteiger partial charge on any atom is -0.371 e. The summed E-state index contributed by atoms with van der Waals surface area (Å²) in [6.45, 7) is 4.03. The van der Waals surface area contributed by atoms with Gasteiger partial charge in [0.1, 0.15) is 0 Å². The summed E-state index contributed by atoms with van der Waals surface area (Å²) < 4.78 is 0. The van der Waals surface area contributed by atoms with E-state index in [1.165, 1.54) is 24.3 Å². The molecule has 0 radical (unpaired) electrons. The molecule has 0 unspecified atom stereocenters. The first-order valence-electron chi connectivity index (χ1n) is 10.7. The lowest BCUT2D eigenvalue weighted by Gasteiger charge is -2.33. The summed E-state index contributed by atoms with van der Waals surface area (Å²) in [5.74, 6) is 0.0767. The van der Waals surface area contributed by atoms with E-state index in [1.807, 2.05) is 6.07 Å². The Morgan fingerprint density at radius 3 is 2.45 bits per heavy atom. The number of nitro groups is 1. The number of nitrogens with zero attached hydrogens (tertiary/aromatic N) is 2. The summed E-state index contributed by atoms with van der Waals surface area (Å²) in [5, 5.41) is 16.8. The number of amides is 2. The molecule has 2 aromatic carbocycles. The molecule has 2 N–H and O–H groups in total. The zero-order valence-electron chi connectivity index (χ0n) is 17.5. The van der Waals surface area contributed by atoms with E-state index >= 15 is 0 Å². The second kappa shape index (κ2) is 8.75. The number of hydrogen-bond acceptors (Lipinski definition) is 5. The molecule has 1 aliphatic carbocycles. The van der Waals surface area contributed by atoms with E-state index in [9.17, 15) is 19.7 Å². The Hall–Kier alpha value is -3.42. The Balaban J connectivity index is 1.58. The van der Waals surface area contributed by atoms with Crippen LogP contribution in [0, 0.1) is 16.0 Å². The van der Waals surface area contributed by atoms with E-state index in [1.54, 1.807) is 12.1 Å². The van der Waals surface area contributed by atoms with Gasteiger partial charge < -0.3 is 15.5 Å². The maximum Gasteiger partial charge on any atom is 0.270 e. The largest absolute Gasteiger partial charge is 0.371 e. The van der Waals surface area contributed by atoms with Gasteiger partial charge in [-0.3, -0.25) is 19.7 Å². The summed E-state index contributed by atoms with van der Waals surface area (Å²) in [6.07, 6.45) is 4.14. The summed E-state index contributed by atoms with van der Waals surface area (Å²) >= 11 is 0. The van der Waals surface area contributed by atoms with Crippen LogP contribution >= 0.6 is 0 Å². The van der Waals surface area contributed by atoms with Gasteiger partial charge in [0.05, 0.1) is 10.5 Å². The fourth-order valence-electron chi connectivity index (χ4n) is 3.78. The quantitative estimate of drug-likeness (QED) is 0.541. The van der Waals surface area contributed by atoms with Crippen LogP contribution in [0.3, 0.4) is 0 Å². The first-order valence-corrected chi connectivity index (χ1v) is 10.7. The van der Waals surface area contributed by atoms with Crippen LogP contribution in [0.5, 0.6) is 0 Å². The van der Waals surface area contributed by atoms with Crippen LogP contribution in [0.25, 0.3) is 0 Å². The van der Waals surface area contributed by atoms with E-state index in [2.05, 4.69) is 22.5 Å². The standard InChI is InChI=1S/C23H26N4O4/c1-15-9-11-26(12-10-15)21-8-7-18(14-20(21)23(29)24-17-5-6-17)25-22(28)16-3-2-4-19(13-16)27(30)31/h2-4,7-8,13-15,17H,5-6,9-12H2,1H3,(H,24,29)(H,25,28). The van der Waals surface area contributed by atoms with Crippen molar-refractivity contribution < 1.29 is 14.5 Å². The Morgan fingerprint density at radius 2 is 1.77 bits per heavy atom. The molecule has 162 valence electrons. The SMILES string of the molecule is CC1CCN(c2ccc(NC(=O)c3cccc([N+](=O)[O-])c3)cc2C(=O)NC2CC2)CC1. The second-order valence-electron chi connectivity index (χ2n) is 8.41. The van der Waals surface area contributed by atoms with Crippen molar-refractivity contribution >= 4 is 28.9 Å². The van der Waals surface area contributed by atoms with Gasteiger partial charge in [-0.15, -0.1) is 0 Å². The van der Waals surface area contributed by atoms with Gasteiger partial charge in [-0.2, -0.15) is 0 Å². The molecule has 0 aromatic heterocycles. The smallest absolute Gasteiger partial charge is 0.270 e. The highest BCUT2D eigenvalue weighted by Crippen LogP contribution is 2.30. The molecule has 2 amide bonds. The highest BCUT2D eigenvalue weighted by atomic mass is 16.6. The van der Waals surface area contributed by atoms with E-state index in [-0.39, 0.29) is 23.2 Å². The highest BCUT2D eigenvalue weighted by molar-refractivity contribution is 6.06. The zero-order valence-corrected chi connectivity index (χ0v) is 17.5. The van der Waals surface area contributed by atoms with Crippen molar-refractivity contribution in [3.63, 3.8) is 0 Å². The van der Waals surface area contributed by atoms with Gasteiger partial charge in [-0.05, 0) is 55.9 Å². The molecule has 0 spiro atoms. The third kappa shape index (κ3) is 5.02. The lowest BCUT2D eigenvalue weighted by Crippen LogP contribution is -2.35. The fraction of sp³-hybridized carbons (Fsp3) is 0.391. The second-order valence-corrected chi connectivity index (χ2v) is 8.41. The fourth-order valence-corrected chi connectivity index (χ4v) is 3.78. The van der Waals surface area contributed by atoms with Gasteiger partial charge >= 0.3 is 0 Å². The number of nitrogens with one attached hydrogen (secondary N) is 2. The van der Waals surface area contributed by atoms with Crippen molar-refractivity contribution in [3.05, 3.63) is 63.7 Å². The molecule has 2 aliphatic rings. The van der Waals surface area contributed by atoms with Crippen LogP contribution in [0.15, 0.2) is 42.5 Å². The van der Waals surface area contributed by atoms with Gasteiger partial charge in [-0.25, -0.2) is 0 Å². The number of rotatable bonds is 6. The molecule has 1 saturated heterocycles. The maximum atomic E-state index is 12.9. The lowest BCUT2D eigenvalue weighted by molar-refractivity contribution is -0.384. The van der Waals surface area contributed by atoms with Gasteiger partial charge in [-0.1, -0.05) is 13.0 Å². The molecule has 0 atom stereocenters. The Bertz CT molecular complexity index is 1010. The van der Waals surface area contributed by atoms with Gasteiger partial charge in [0.2, 0.25) is 0 Å². The van der Waals surface area contributed by atoms with Crippen LogP contribution in [0.1, 0.15) is 53.3 Å². The van der Waals surface area contributed by atoms with Crippen molar-refractivity contribution in [1.82, 2.24) is 5.32 Å². The minimum absolute atomic E-state index is 0.137. The number of hydrogen-bond donors (Lipinski definition) is 2. The van der Waals surface area contributed by atoms with Gasteiger partial charge in [0.15, 0.2) is 0 Å². The summed E-state index contributed by atoms with van der Waals surface area (Å²) in [4.78, 5) is 38.2. The molecule has 2 aromatic rings. The van der Waals surface area contributed by atoms with Crippen LogP contribution < -0.4 is 15.5 Å². The highest BCUT2D eigenvalue weighted by Gasteiger charge is 2.27. The number of carbonyl (C=O) groups excluding carboxylic acids is 2. The van der Waals surface area contributed by atoms with Crippen LogP contribution in [-0.2, 0) is 0 Å². The Morgan fingerprint density at radius 1 is 1.03 bits per heavy atom. The topological polar surface area (TPSA) is 105 Å². The molecule has 31 heavy (non-hydrogen) atoms. The van der Waals surface area contributed by atoms with E-state index in [0.717, 1.165) is 44.5 Å². The first kappa shape index (κ1) is 20.8. The maximum absolute atomic E-state index is 12.9. The van der Waals surface area contributed by atoms with Gasteiger partial charge in [0, 0.05) is 48.2 Å². The third-order valence-electron chi connectivity index (χ3n) is 5.86. The predicted octanol–water partition coefficient (Wildman–Crippen LogP) is 3.98. The summed E-state index contributed by atoms with van der Waals surface area (Å²) in [5.41, 5.74) is 1.93. The van der Waals surface area contributed by atoms with Crippen molar-refractivity contribution in [2.75, 3.05) is 23.3 Å². The number of non-ortho nitro benzene ring substituents is 1. The van der Waals surface area contributed by atoms with Crippen molar-refractivity contribution in [2.24, 2.45) is 5.92 Å². The number of nitro benzene ring substituents is 1. The predicted molar refractivity (Wildman–Crippen MR) is 119 cm³/mol. The summed E-state index contributed by atoms with van der Waals surface area (Å²) in [6, 6.07) is 11.1. The van der Waals surface area contributed by atoms with Crippen LogP contribution in [-0.4, -0.2) is 35.9 Å². The number of carbonyl (C=O) groups is 2. The molecule has 8 heteroatoms. The zero-order chi connectivity index (χ0) is 22.0. The molecule has 4 rings (SSSR count). The molecule has 1 heterocycles. The lowest BCUT2D eigenvalue weighted by atomic mass is 9.97. The number of benzene rings is 2. The Labute approximate surface area is 180 Å². The summed E-state index contributed by atoms with van der Waals surface area (Å²) in [7, 11) is 0. The van der Waals surface area contributed by atoms with E-state index in [0.29, 0.717) is 17.2 Å². The average molecular weight is 422 g/mol. The number of anilines is 2. The third-order valence-corrected chi connectivity index (χ3v) is 5.86. The normalized spacial score (nSPS) is 16.6. The Kier molecular flexibility index (Phi) is 5.88.